The molecule has 118 valence electrons. The first kappa shape index (κ1) is 15.7. The zero-order valence-electron chi connectivity index (χ0n) is 12.4. The van der Waals surface area contributed by atoms with Crippen LogP contribution in [0.3, 0.4) is 0 Å². The van der Waals surface area contributed by atoms with Gasteiger partial charge in [0.25, 0.3) is 0 Å². The average molecular weight is 331 g/mol. The third-order valence-corrected chi connectivity index (χ3v) is 5.72. The quantitative estimate of drug-likeness (QED) is 0.922. The highest BCUT2D eigenvalue weighted by Crippen LogP contribution is 2.38. The highest BCUT2D eigenvalue weighted by atomic mass is 35.5. The van der Waals surface area contributed by atoms with Gasteiger partial charge in [0, 0.05) is 17.3 Å². The Morgan fingerprint density at radius 2 is 2.19 bits per heavy atom. The largest absolute Gasteiger partial charge is 0.346 e. The van der Waals surface area contributed by atoms with Crippen LogP contribution in [0.4, 0.5) is 0 Å². The second-order valence-electron chi connectivity index (χ2n) is 5.84. The molecule has 4 nitrogen and oxygen atoms in total. The molecule has 0 saturated carbocycles. The molecule has 3 heterocycles. The maximum Gasteiger partial charge on any atom is 0.181 e. The fraction of sp³-hybridized carbons (Fsp3) is 0.733. The molecular weight excluding hydrogens is 308 g/mol. The number of piperidine rings is 1. The van der Waals surface area contributed by atoms with Crippen LogP contribution in [0.2, 0.25) is 4.34 Å². The molecule has 2 atom stereocenters. The summed E-state index contributed by atoms with van der Waals surface area (Å²) in [6.45, 7) is 5.35. The monoisotopic (exact) mass is 330 g/mol. The number of nitrogens with two attached hydrogens (primary N) is 1. The molecule has 1 aromatic rings. The predicted octanol–water partition coefficient (Wildman–Crippen LogP) is 3.02. The predicted molar refractivity (Wildman–Crippen MR) is 85.8 cm³/mol. The van der Waals surface area contributed by atoms with Gasteiger partial charge in [-0.25, -0.2) is 0 Å². The van der Waals surface area contributed by atoms with Gasteiger partial charge in [-0.2, -0.15) is 0 Å². The second-order valence-corrected chi connectivity index (χ2v) is 7.59. The molecule has 2 aliphatic heterocycles. The van der Waals surface area contributed by atoms with Crippen molar-refractivity contribution in [1.82, 2.24) is 4.90 Å². The number of nitrogens with zero attached hydrogens (tertiary/aromatic N) is 1. The summed E-state index contributed by atoms with van der Waals surface area (Å²) in [6.07, 6.45) is 2.99. The smallest absolute Gasteiger partial charge is 0.181 e. The van der Waals surface area contributed by atoms with Crippen molar-refractivity contribution in [2.24, 2.45) is 5.73 Å². The summed E-state index contributed by atoms with van der Waals surface area (Å²) in [6, 6.07) is 4.35. The molecule has 1 aromatic heterocycles. The molecule has 2 aliphatic rings. The number of hydrogen-bond acceptors (Lipinski definition) is 5. The summed E-state index contributed by atoms with van der Waals surface area (Å²) in [7, 11) is 0. The minimum Gasteiger partial charge on any atom is -0.346 e. The minimum atomic E-state index is -0.412. The van der Waals surface area contributed by atoms with Gasteiger partial charge < -0.3 is 15.2 Å². The summed E-state index contributed by atoms with van der Waals surface area (Å²) >= 11 is 7.75. The Labute approximate surface area is 135 Å². The van der Waals surface area contributed by atoms with Gasteiger partial charge in [-0.1, -0.05) is 18.5 Å². The molecule has 0 amide bonds. The standard InChI is InChI=1S/C15H23ClN2O2S/c1-2-11(17)14(12-4-5-13(16)21-12)18-7-3-6-15(10-18)19-8-9-20-15/h4-5,11,14H,2-3,6-10,17H2,1H3. The van der Waals surface area contributed by atoms with Gasteiger partial charge in [-0.15, -0.1) is 11.3 Å². The Bertz CT molecular complexity index is 476. The number of rotatable bonds is 4. The van der Waals surface area contributed by atoms with E-state index in [2.05, 4.69) is 17.9 Å². The zero-order chi connectivity index (χ0) is 14.9. The van der Waals surface area contributed by atoms with Gasteiger partial charge in [-0.3, -0.25) is 4.90 Å². The van der Waals surface area contributed by atoms with Crippen molar-refractivity contribution >= 4 is 22.9 Å². The van der Waals surface area contributed by atoms with E-state index in [0.29, 0.717) is 13.2 Å². The molecule has 1 spiro atoms. The number of hydrogen-bond donors (Lipinski definition) is 1. The zero-order valence-corrected chi connectivity index (χ0v) is 14.0. The lowest BCUT2D eigenvalue weighted by atomic mass is 9.97. The van der Waals surface area contributed by atoms with Crippen molar-refractivity contribution in [2.45, 2.75) is 44.1 Å². The molecule has 3 rings (SSSR count). The molecule has 2 saturated heterocycles. The lowest BCUT2D eigenvalue weighted by molar-refractivity contribution is -0.195. The van der Waals surface area contributed by atoms with Gasteiger partial charge in [0.15, 0.2) is 5.79 Å². The first-order valence-corrected chi connectivity index (χ1v) is 8.86. The summed E-state index contributed by atoms with van der Waals surface area (Å²) in [5.74, 6) is -0.412. The Morgan fingerprint density at radius 3 is 2.81 bits per heavy atom. The fourth-order valence-corrected chi connectivity index (χ4v) is 4.63. The molecule has 0 aromatic carbocycles. The van der Waals surface area contributed by atoms with Crippen molar-refractivity contribution < 1.29 is 9.47 Å². The fourth-order valence-electron chi connectivity index (χ4n) is 3.36. The van der Waals surface area contributed by atoms with Gasteiger partial charge in [0.1, 0.15) is 0 Å². The summed E-state index contributed by atoms with van der Waals surface area (Å²) in [5.41, 5.74) is 6.42. The lowest BCUT2D eigenvalue weighted by Crippen LogP contribution is -2.53. The van der Waals surface area contributed by atoms with Crippen LogP contribution in [0.5, 0.6) is 0 Å². The molecule has 0 bridgehead atoms. The first-order chi connectivity index (χ1) is 10.1. The van der Waals surface area contributed by atoms with E-state index >= 15 is 0 Å². The Kier molecular flexibility index (Phi) is 4.88. The highest BCUT2D eigenvalue weighted by Gasteiger charge is 2.43. The van der Waals surface area contributed by atoms with Crippen molar-refractivity contribution in [3.63, 3.8) is 0 Å². The van der Waals surface area contributed by atoms with E-state index in [0.717, 1.165) is 36.7 Å². The molecule has 21 heavy (non-hydrogen) atoms. The Balaban J connectivity index is 1.82. The van der Waals surface area contributed by atoms with E-state index in [-0.39, 0.29) is 12.1 Å². The normalized spacial score (nSPS) is 25.3. The number of thiophene rings is 1. The van der Waals surface area contributed by atoms with E-state index in [9.17, 15) is 0 Å². The average Bonchev–Trinajstić information content (AvgIpc) is 3.09. The molecule has 2 unspecified atom stereocenters. The van der Waals surface area contributed by atoms with Crippen LogP contribution in [0.25, 0.3) is 0 Å². The second kappa shape index (κ2) is 6.52. The van der Waals surface area contributed by atoms with Crippen LogP contribution >= 0.6 is 22.9 Å². The van der Waals surface area contributed by atoms with E-state index in [4.69, 9.17) is 26.8 Å². The number of likely N-dealkylation sites (tertiary alicyclic amines) is 1. The van der Waals surface area contributed by atoms with Crippen LogP contribution in [-0.4, -0.2) is 43.0 Å². The van der Waals surface area contributed by atoms with Crippen molar-refractivity contribution in [2.75, 3.05) is 26.3 Å². The third kappa shape index (κ3) is 3.28. The third-order valence-electron chi connectivity index (χ3n) is 4.42. The topological polar surface area (TPSA) is 47.7 Å². The SMILES string of the molecule is CCC(N)C(c1ccc(Cl)s1)N1CCCC2(C1)OCCO2. The molecule has 6 heteroatoms. The van der Waals surface area contributed by atoms with Gasteiger partial charge in [0.05, 0.1) is 30.1 Å². The van der Waals surface area contributed by atoms with Crippen molar-refractivity contribution in [3.05, 3.63) is 21.3 Å². The van der Waals surface area contributed by atoms with Gasteiger partial charge >= 0.3 is 0 Å². The van der Waals surface area contributed by atoms with E-state index < -0.39 is 5.79 Å². The van der Waals surface area contributed by atoms with Crippen molar-refractivity contribution in [1.29, 1.82) is 0 Å². The number of ether oxygens (including phenoxy) is 2. The van der Waals surface area contributed by atoms with E-state index in [1.807, 2.05) is 6.07 Å². The first-order valence-electron chi connectivity index (χ1n) is 7.66. The maximum absolute atomic E-state index is 6.42. The van der Waals surface area contributed by atoms with Crippen LogP contribution < -0.4 is 5.73 Å². The van der Waals surface area contributed by atoms with Gasteiger partial charge in [0.2, 0.25) is 0 Å². The maximum atomic E-state index is 6.42. The van der Waals surface area contributed by atoms with Gasteiger partial charge in [-0.05, 0) is 31.5 Å². The molecule has 0 aliphatic carbocycles. The highest BCUT2D eigenvalue weighted by molar-refractivity contribution is 7.16. The molecule has 0 radical (unpaired) electrons. The van der Waals surface area contributed by atoms with E-state index in [1.165, 1.54) is 4.88 Å². The van der Waals surface area contributed by atoms with Crippen LogP contribution in [0, 0.1) is 0 Å². The Hall–Kier alpha value is -0.170. The molecular formula is C15H23ClN2O2S. The van der Waals surface area contributed by atoms with Crippen molar-refractivity contribution in [3.8, 4) is 0 Å². The van der Waals surface area contributed by atoms with Crippen LogP contribution in [0.15, 0.2) is 12.1 Å². The molecule has 2 N–H and O–H groups in total. The van der Waals surface area contributed by atoms with E-state index in [1.54, 1.807) is 11.3 Å². The Morgan fingerprint density at radius 1 is 1.43 bits per heavy atom. The number of halogens is 1. The molecule has 2 fully saturated rings. The van der Waals surface area contributed by atoms with Crippen LogP contribution in [0.1, 0.15) is 37.1 Å². The van der Waals surface area contributed by atoms with Crippen LogP contribution in [-0.2, 0) is 9.47 Å². The summed E-state index contributed by atoms with van der Waals surface area (Å²) < 4.78 is 12.6. The summed E-state index contributed by atoms with van der Waals surface area (Å²) in [5, 5.41) is 0. The lowest BCUT2D eigenvalue weighted by Gasteiger charge is -2.43. The minimum absolute atomic E-state index is 0.0938. The summed E-state index contributed by atoms with van der Waals surface area (Å²) in [4.78, 5) is 3.66.